The van der Waals surface area contributed by atoms with Crippen LogP contribution in [0.5, 0.6) is 0 Å². The van der Waals surface area contributed by atoms with Gasteiger partial charge in [0, 0.05) is 24.7 Å². The molecule has 0 N–H and O–H groups in total. The summed E-state index contributed by atoms with van der Waals surface area (Å²) < 4.78 is 25.6. The molecule has 138 valence electrons. The highest BCUT2D eigenvalue weighted by Crippen LogP contribution is 2.42. The van der Waals surface area contributed by atoms with E-state index in [4.69, 9.17) is 0 Å². The van der Waals surface area contributed by atoms with Crippen LogP contribution in [0.15, 0.2) is 6.07 Å². The number of carbonyl (C=O) groups excluding carboxylic acids is 1. The van der Waals surface area contributed by atoms with Crippen LogP contribution in [0.1, 0.15) is 79.5 Å². The van der Waals surface area contributed by atoms with Gasteiger partial charge in [-0.1, -0.05) is 19.3 Å². The third kappa shape index (κ3) is 3.48. The topological polar surface area (TPSA) is 72.3 Å². The minimum absolute atomic E-state index is 0.0200. The van der Waals surface area contributed by atoms with Crippen LogP contribution in [0.4, 0.5) is 0 Å². The Kier molecular flexibility index (Phi) is 4.38. The van der Waals surface area contributed by atoms with Crippen LogP contribution in [0, 0.1) is 0 Å². The van der Waals surface area contributed by atoms with Crippen LogP contribution >= 0.6 is 0 Å². The third-order valence-electron chi connectivity index (χ3n) is 5.98. The molecule has 6 nitrogen and oxygen atoms in total. The Morgan fingerprint density at radius 2 is 1.88 bits per heavy atom. The minimum Gasteiger partial charge on any atom is -0.337 e. The second kappa shape index (κ2) is 6.41. The van der Waals surface area contributed by atoms with E-state index in [2.05, 4.69) is 5.10 Å². The molecule has 1 aromatic heterocycles. The second-order valence-electron chi connectivity index (χ2n) is 7.94. The highest BCUT2D eigenvalue weighted by atomic mass is 32.2. The van der Waals surface area contributed by atoms with Crippen molar-refractivity contribution in [1.29, 1.82) is 0 Å². The number of amides is 1. The predicted molar refractivity (Wildman–Crippen MR) is 95.5 cm³/mol. The molecule has 2 saturated carbocycles. The third-order valence-corrected chi connectivity index (χ3v) is 7.73. The first-order valence-corrected chi connectivity index (χ1v) is 11.3. The van der Waals surface area contributed by atoms with E-state index in [1.54, 1.807) is 0 Å². The zero-order valence-corrected chi connectivity index (χ0v) is 15.7. The van der Waals surface area contributed by atoms with Gasteiger partial charge in [-0.15, -0.1) is 0 Å². The summed E-state index contributed by atoms with van der Waals surface area (Å²) in [6.07, 6.45) is 8.59. The van der Waals surface area contributed by atoms with Crippen molar-refractivity contribution in [2.45, 2.75) is 69.4 Å². The SMILES string of the molecule is CN(C(=O)c1cc(C2CC2)n(C2CCS(=O)(=O)C2)n1)C1CCCCC1. The molecule has 0 bridgehead atoms. The molecule has 0 radical (unpaired) electrons. The number of carbonyl (C=O) groups is 1. The first-order valence-electron chi connectivity index (χ1n) is 9.51. The van der Waals surface area contributed by atoms with Gasteiger partial charge in [-0.3, -0.25) is 9.48 Å². The normalized spacial score (nSPS) is 26.7. The Morgan fingerprint density at radius 3 is 2.48 bits per heavy atom. The summed E-state index contributed by atoms with van der Waals surface area (Å²) in [5.74, 6) is 0.804. The molecule has 0 aromatic carbocycles. The monoisotopic (exact) mass is 365 g/mol. The Hall–Kier alpha value is -1.37. The van der Waals surface area contributed by atoms with Crippen LogP contribution in [0.25, 0.3) is 0 Å². The van der Waals surface area contributed by atoms with Gasteiger partial charge in [0.05, 0.1) is 17.5 Å². The molecule has 0 spiro atoms. The van der Waals surface area contributed by atoms with Crippen molar-refractivity contribution in [2.24, 2.45) is 0 Å². The van der Waals surface area contributed by atoms with E-state index in [9.17, 15) is 13.2 Å². The van der Waals surface area contributed by atoms with Gasteiger partial charge in [0.25, 0.3) is 5.91 Å². The maximum Gasteiger partial charge on any atom is 0.274 e. The Bertz CT molecular complexity index is 761. The summed E-state index contributed by atoms with van der Waals surface area (Å²) in [7, 11) is -1.08. The maximum absolute atomic E-state index is 12.9. The van der Waals surface area contributed by atoms with Gasteiger partial charge in [0.1, 0.15) is 0 Å². The number of nitrogens with zero attached hydrogens (tertiary/aromatic N) is 3. The van der Waals surface area contributed by atoms with Gasteiger partial charge >= 0.3 is 0 Å². The van der Waals surface area contributed by atoms with Crippen molar-refractivity contribution >= 4 is 15.7 Å². The quantitative estimate of drug-likeness (QED) is 0.822. The molecule has 3 aliphatic rings. The van der Waals surface area contributed by atoms with E-state index in [-0.39, 0.29) is 23.5 Å². The molecule has 1 unspecified atom stereocenters. The van der Waals surface area contributed by atoms with Crippen molar-refractivity contribution in [3.63, 3.8) is 0 Å². The van der Waals surface area contributed by atoms with Crippen LogP contribution in [-0.4, -0.2) is 53.6 Å². The lowest BCUT2D eigenvalue weighted by atomic mass is 9.94. The van der Waals surface area contributed by atoms with Crippen molar-refractivity contribution < 1.29 is 13.2 Å². The molecule has 25 heavy (non-hydrogen) atoms. The average molecular weight is 365 g/mol. The second-order valence-corrected chi connectivity index (χ2v) is 10.2. The molecular formula is C18H27N3O3S. The zero-order valence-electron chi connectivity index (χ0n) is 14.9. The summed E-state index contributed by atoms with van der Waals surface area (Å²) in [6, 6.07) is 2.12. The van der Waals surface area contributed by atoms with Crippen LogP contribution in [0.3, 0.4) is 0 Å². The Balaban J connectivity index is 1.58. The Morgan fingerprint density at radius 1 is 1.16 bits per heavy atom. The lowest BCUT2D eigenvalue weighted by molar-refractivity contribution is 0.0689. The summed E-state index contributed by atoms with van der Waals surface area (Å²) >= 11 is 0. The number of hydrogen-bond donors (Lipinski definition) is 0. The molecule has 3 fully saturated rings. The summed E-state index contributed by atoms with van der Waals surface area (Å²) in [5.41, 5.74) is 1.54. The van der Waals surface area contributed by atoms with Gasteiger partial charge in [0.15, 0.2) is 15.5 Å². The van der Waals surface area contributed by atoms with Crippen molar-refractivity contribution in [3.8, 4) is 0 Å². The summed E-state index contributed by atoms with van der Waals surface area (Å²) in [4.78, 5) is 14.8. The van der Waals surface area contributed by atoms with E-state index in [0.717, 1.165) is 31.4 Å². The summed E-state index contributed by atoms with van der Waals surface area (Å²) in [5, 5.41) is 4.60. The molecular weight excluding hydrogens is 338 g/mol. The first kappa shape index (κ1) is 17.1. The van der Waals surface area contributed by atoms with Crippen LogP contribution < -0.4 is 0 Å². The fourth-order valence-electron chi connectivity index (χ4n) is 4.27. The fourth-order valence-corrected chi connectivity index (χ4v) is 5.96. The van der Waals surface area contributed by atoms with E-state index in [0.29, 0.717) is 24.1 Å². The lowest BCUT2D eigenvalue weighted by Crippen LogP contribution is -2.38. The van der Waals surface area contributed by atoms with E-state index >= 15 is 0 Å². The molecule has 1 amide bonds. The summed E-state index contributed by atoms with van der Waals surface area (Å²) in [6.45, 7) is 0. The highest BCUT2D eigenvalue weighted by molar-refractivity contribution is 7.91. The zero-order chi connectivity index (χ0) is 17.6. The lowest BCUT2D eigenvalue weighted by Gasteiger charge is -2.30. The van der Waals surface area contributed by atoms with E-state index in [1.807, 2.05) is 22.7 Å². The van der Waals surface area contributed by atoms with Crippen molar-refractivity contribution in [3.05, 3.63) is 17.5 Å². The van der Waals surface area contributed by atoms with Gasteiger partial charge in [0.2, 0.25) is 0 Å². The number of rotatable bonds is 4. The van der Waals surface area contributed by atoms with Crippen LogP contribution in [-0.2, 0) is 9.84 Å². The molecule has 4 rings (SSSR count). The smallest absolute Gasteiger partial charge is 0.274 e. The predicted octanol–water partition coefficient (Wildman–Crippen LogP) is 2.52. The molecule has 1 atom stereocenters. The maximum atomic E-state index is 12.9. The average Bonchev–Trinajstić information content (AvgIpc) is 3.26. The number of hydrogen-bond acceptors (Lipinski definition) is 4. The molecule has 2 aliphatic carbocycles. The van der Waals surface area contributed by atoms with Gasteiger partial charge in [-0.05, 0) is 38.2 Å². The van der Waals surface area contributed by atoms with Gasteiger partial charge in [-0.25, -0.2) is 8.42 Å². The van der Waals surface area contributed by atoms with E-state index < -0.39 is 9.84 Å². The van der Waals surface area contributed by atoms with E-state index in [1.165, 1.54) is 19.3 Å². The number of sulfone groups is 1. The first-order chi connectivity index (χ1) is 11.9. The highest BCUT2D eigenvalue weighted by Gasteiger charge is 2.36. The Labute approximate surface area is 149 Å². The van der Waals surface area contributed by atoms with Crippen LogP contribution in [0.2, 0.25) is 0 Å². The molecule has 7 heteroatoms. The largest absolute Gasteiger partial charge is 0.337 e. The molecule has 1 aromatic rings. The molecule has 1 saturated heterocycles. The standard InChI is InChI=1S/C18H27N3O3S/c1-20(14-5-3-2-4-6-14)18(22)16-11-17(13-7-8-13)21(19-16)15-9-10-25(23,24)12-15/h11,13-15H,2-10,12H2,1H3. The van der Waals surface area contributed by atoms with Crippen molar-refractivity contribution in [2.75, 3.05) is 18.6 Å². The fraction of sp³-hybridized carbons (Fsp3) is 0.778. The minimum atomic E-state index is -2.97. The molecule has 2 heterocycles. The molecule has 1 aliphatic heterocycles. The number of aromatic nitrogens is 2. The van der Waals surface area contributed by atoms with Crippen molar-refractivity contribution in [1.82, 2.24) is 14.7 Å². The van der Waals surface area contributed by atoms with Gasteiger partial charge < -0.3 is 4.90 Å². The van der Waals surface area contributed by atoms with Gasteiger partial charge in [-0.2, -0.15) is 5.10 Å².